The van der Waals surface area contributed by atoms with Gasteiger partial charge in [-0.1, -0.05) is 41.4 Å². The first-order valence-electron chi connectivity index (χ1n) is 7.42. The predicted octanol–water partition coefficient (Wildman–Crippen LogP) is 5.45. The van der Waals surface area contributed by atoms with Crippen molar-refractivity contribution in [2.24, 2.45) is 0 Å². The van der Waals surface area contributed by atoms with Gasteiger partial charge in [-0.3, -0.25) is 4.79 Å². The molecule has 27 heavy (non-hydrogen) atoms. The minimum Gasteiger partial charge on any atom is -0.268 e. The maximum absolute atomic E-state index is 12.8. The molecule has 0 aliphatic rings. The fourth-order valence-electron chi connectivity index (χ4n) is 2.40. The monoisotopic (exact) mass is 486 g/mol. The minimum absolute atomic E-state index is 0.159. The molecule has 0 atom stereocenters. The van der Waals surface area contributed by atoms with Crippen molar-refractivity contribution in [3.8, 4) is 5.69 Å². The highest BCUT2D eigenvalue weighted by molar-refractivity contribution is 9.10. The van der Waals surface area contributed by atoms with Crippen LogP contribution in [0.25, 0.3) is 5.69 Å². The Labute approximate surface area is 177 Å². The van der Waals surface area contributed by atoms with E-state index >= 15 is 0 Å². The smallest absolute Gasteiger partial charge is 0.268 e. The van der Waals surface area contributed by atoms with Gasteiger partial charge in [-0.15, -0.1) is 0 Å². The molecule has 2 aromatic carbocycles. The number of hydrogen-bond donors (Lipinski definition) is 1. The highest BCUT2D eigenvalue weighted by Gasteiger charge is 2.26. The summed E-state index contributed by atoms with van der Waals surface area (Å²) >= 11 is 21.5. The lowest BCUT2D eigenvalue weighted by atomic mass is 10.2. The standard InChI is InChI=1S/C17H10BrCl3N4O2/c18-11-8-22-24(9-11)15-13(19)6-12(7-14(15)20)25(17(27)23-21)16(26)10-4-2-1-3-5-10/h1-9H,(H,23,27). The Morgan fingerprint density at radius 2 is 1.74 bits per heavy atom. The summed E-state index contributed by atoms with van der Waals surface area (Å²) in [6.45, 7) is 0. The largest absolute Gasteiger partial charge is 0.343 e. The molecule has 0 fully saturated rings. The van der Waals surface area contributed by atoms with Crippen LogP contribution in [0.5, 0.6) is 0 Å². The van der Waals surface area contributed by atoms with Crippen molar-refractivity contribution in [3.05, 3.63) is 74.9 Å². The van der Waals surface area contributed by atoms with Crippen LogP contribution in [0, 0.1) is 0 Å². The highest BCUT2D eigenvalue weighted by Crippen LogP contribution is 2.34. The van der Waals surface area contributed by atoms with E-state index in [1.165, 1.54) is 16.8 Å². The summed E-state index contributed by atoms with van der Waals surface area (Å²) in [6.07, 6.45) is 3.25. The molecular weight excluding hydrogens is 478 g/mol. The van der Waals surface area contributed by atoms with E-state index < -0.39 is 11.9 Å². The molecule has 3 rings (SSSR count). The van der Waals surface area contributed by atoms with E-state index in [2.05, 4.69) is 21.0 Å². The summed E-state index contributed by atoms with van der Waals surface area (Å²) in [7, 11) is 0. The quantitative estimate of drug-likeness (QED) is 0.499. The lowest BCUT2D eigenvalue weighted by Crippen LogP contribution is -2.41. The van der Waals surface area contributed by atoms with Crippen LogP contribution in [0.1, 0.15) is 10.4 Å². The number of halogens is 4. The summed E-state index contributed by atoms with van der Waals surface area (Å²) in [5, 5.41) is 4.53. The van der Waals surface area contributed by atoms with Gasteiger partial charge in [0.15, 0.2) is 0 Å². The van der Waals surface area contributed by atoms with Gasteiger partial charge in [0, 0.05) is 23.5 Å². The number of aromatic nitrogens is 2. The topological polar surface area (TPSA) is 67.2 Å². The Bertz CT molecular complexity index is 987. The van der Waals surface area contributed by atoms with Crippen molar-refractivity contribution >= 4 is 68.5 Å². The highest BCUT2D eigenvalue weighted by atomic mass is 79.9. The van der Waals surface area contributed by atoms with Crippen LogP contribution in [0.15, 0.2) is 59.3 Å². The van der Waals surface area contributed by atoms with Crippen molar-refractivity contribution in [1.29, 1.82) is 0 Å². The number of hydrogen-bond acceptors (Lipinski definition) is 3. The fraction of sp³-hybridized carbons (Fsp3) is 0. The number of rotatable bonds is 3. The third-order valence-electron chi connectivity index (χ3n) is 3.55. The predicted molar refractivity (Wildman–Crippen MR) is 109 cm³/mol. The maximum atomic E-state index is 12.8. The van der Waals surface area contributed by atoms with Gasteiger partial charge < -0.3 is 0 Å². The average Bonchev–Trinajstić information content (AvgIpc) is 3.07. The number of nitrogens with zero attached hydrogens (tertiary/aromatic N) is 3. The Morgan fingerprint density at radius 3 is 2.26 bits per heavy atom. The van der Waals surface area contributed by atoms with Crippen LogP contribution in [-0.2, 0) is 0 Å². The Morgan fingerprint density at radius 1 is 1.11 bits per heavy atom. The first-order valence-corrected chi connectivity index (χ1v) is 9.34. The number of anilines is 1. The molecule has 0 saturated heterocycles. The second-order valence-electron chi connectivity index (χ2n) is 5.27. The van der Waals surface area contributed by atoms with Crippen molar-refractivity contribution in [2.45, 2.75) is 0 Å². The Hall–Kier alpha value is -2.06. The number of urea groups is 1. The summed E-state index contributed by atoms with van der Waals surface area (Å²) < 4.78 is 2.21. The number of amides is 3. The molecule has 1 N–H and O–H groups in total. The molecule has 0 unspecified atom stereocenters. The molecule has 0 saturated carbocycles. The second-order valence-corrected chi connectivity index (χ2v) is 7.19. The van der Waals surface area contributed by atoms with Crippen LogP contribution < -0.4 is 9.74 Å². The molecule has 138 valence electrons. The average molecular weight is 489 g/mol. The van der Waals surface area contributed by atoms with E-state index in [0.29, 0.717) is 11.3 Å². The zero-order valence-electron chi connectivity index (χ0n) is 13.4. The lowest BCUT2D eigenvalue weighted by molar-refractivity contribution is 0.0994. The molecule has 0 aliphatic carbocycles. The Balaban J connectivity index is 2.08. The summed E-state index contributed by atoms with van der Waals surface area (Å²) in [5.74, 6) is -0.588. The number of imide groups is 1. The van der Waals surface area contributed by atoms with Crippen LogP contribution >= 0.6 is 50.9 Å². The number of nitrogens with one attached hydrogen (secondary N) is 1. The molecule has 0 bridgehead atoms. The summed E-state index contributed by atoms with van der Waals surface area (Å²) in [6, 6.07) is 10.3. The Kier molecular flexibility index (Phi) is 6.06. The van der Waals surface area contributed by atoms with Gasteiger partial charge >= 0.3 is 6.03 Å². The molecular formula is C17H10BrCl3N4O2. The zero-order chi connectivity index (χ0) is 19.6. The van der Waals surface area contributed by atoms with Crippen LogP contribution in [0.4, 0.5) is 10.5 Å². The van der Waals surface area contributed by atoms with Gasteiger partial charge in [0.25, 0.3) is 5.91 Å². The van der Waals surface area contributed by atoms with E-state index in [-0.39, 0.29) is 15.7 Å². The number of benzene rings is 2. The SMILES string of the molecule is O=C(NCl)N(C(=O)c1ccccc1)c1cc(Cl)c(-n2cc(Br)cn2)c(Cl)c1. The second kappa shape index (κ2) is 8.31. The molecule has 3 amide bonds. The van der Waals surface area contributed by atoms with Gasteiger partial charge in [0.1, 0.15) is 5.69 Å². The van der Waals surface area contributed by atoms with Gasteiger partial charge in [0.05, 0.1) is 26.4 Å². The fourth-order valence-corrected chi connectivity index (χ4v) is 3.42. The van der Waals surface area contributed by atoms with Crippen molar-refractivity contribution in [2.75, 3.05) is 4.90 Å². The summed E-state index contributed by atoms with van der Waals surface area (Å²) in [5.41, 5.74) is 0.864. The summed E-state index contributed by atoms with van der Waals surface area (Å²) in [4.78, 5) is 27.9. The van der Waals surface area contributed by atoms with Crippen molar-refractivity contribution < 1.29 is 9.59 Å². The van der Waals surface area contributed by atoms with Gasteiger partial charge in [-0.2, -0.15) is 5.10 Å². The lowest BCUT2D eigenvalue weighted by Gasteiger charge is -2.21. The molecule has 0 aliphatic heterocycles. The van der Waals surface area contributed by atoms with Crippen molar-refractivity contribution in [3.63, 3.8) is 0 Å². The number of carbonyl (C=O) groups excluding carboxylic acids is 2. The van der Waals surface area contributed by atoms with Gasteiger partial charge in [-0.05, 0) is 40.2 Å². The first kappa shape index (κ1) is 19.7. The van der Waals surface area contributed by atoms with E-state index in [4.69, 9.17) is 35.0 Å². The third kappa shape index (κ3) is 4.11. The minimum atomic E-state index is -0.841. The molecule has 3 aromatic rings. The number of carbonyl (C=O) groups is 2. The van der Waals surface area contributed by atoms with E-state index in [1.807, 2.05) is 4.84 Å². The molecule has 0 spiro atoms. The van der Waals surface area contributed by atoms with Gasteiger partial charge in [-0.25, -0.2) is 19.2 Å². The molecule has 6 nitrogen and oxygen atoms in total. The van der Waals surface area contributed by atoms with E-state index in [1.54, 1.807) is 42.7 Å². The molecule has 1 heterocycles. The maximum Gasteiger partial charge on any atom is 0.343 e. The molecule has 10 heteroatoms. The van der Waals surface area contributed by atoms with Gasteiger partial charge in [0.2, 0.25) is 0 Å². The van der Waals surface area contributed by atoms with Crippen LogP contribution in [0.3, 0.4) is 0 Å². The van der Waals surface area contributed by atoms with E-state index in [9.17, 15) is 9.59 Å². The molecule has 0 radical (unpaired) electrons. The van der Waals surface area contributed by atoms with Crippen molar-refractivity contribution in [1.82, 2.24) is 14.6 Å². The van der Waals surface area contributed by atoms with Crippen LogP contribution in [0.2, 0.25) is 10.0 Å². The molecule has 1 aromatic heterocycles. The normalized spacial score (nSPS) is 10.5. The third-order valence-corrected chi connectivity index (χ3v) is 4.70. The van der Waals surface area contributed by atoms with Crippen LogP contribution in [-0.4, -0.2) is 21.7 Å². The zero-order valence-corrected chi connectivity index (χ0v) is 17.2. The first-order chi connectivity index (χ1) is 12.9. The van der Waals surface area contributed by atoms with E-state index in [0.717, 1.165) is 9.37 Å².